The van der Waals surface area contributed by atoms with Gasteiger partial charge in [0.1, 0.15) is 12.2 Å². The summed E-state index contributed by atoms with van der Waals surface area (Å²) >= 11 is 3.41. The first kappa shape index (κ1) is 59.8. The molecule has 4 rings (SSSR count). The van der Waals surface area contributed by atoms with E-state index < -0.39 is 89.6 Å². The Bertz CT molecular complexity index is 2430. The lowest BCUT2D eigenvalue weighted by molar-refractivity contribution is -0.204. The van der Waals surface area contributed by atoms with Crippen LogP contribution in [0.5, 0.6) is 0 Å². The summed E-state index contributed by atoms with van der Waals surface area (Å²) in [5.41, 5.74) is 0.964. The second-order valence-electron chi connectivity index (χ2n) is 19.0. The Morgan fingerprint density at radius 3 is 1.38 bits per heavy atom. The minimum atomic E-state index is -4.55. The lowest BCUT2D eigenvalue weighted by Gasteiger charge is -2.35. The van der Waals surface area contributed by atoms with Crippen molar-refractivity contribution >= 4 is 67.7 Å². The number of fused-ring (bicyclic) bond motifs is 2. The molecule has 0 bridgehead atoms. The second-order valence-corrected chi connectivity index (χ2v) is 19.9. The van der Waals surface area contributed by atoms with Crippen molar-refractivity contribution in [3.8, 4) is 0 Å². The molecule has 0 aliphatic heterocycles. The van der Waals surface area contributed by atoms with E-state index in [4.69, 9.17) is 14.6 Å². The first-order valence-corrected chi connectivity index (χ1v) is 23.1. The molecule has 2 aromatic heterocycles. The lowest BCUT2D eigenvalue weighted by Crippen LogP contribution is -2.39. The number of carboxylic acid groups (broad SMARTS) is 2. The highest BCUT2D eigenvalue weighted by Crippen LogP contribution is 2.47. The monoisotopic (exact) mass is 1040 g/mol. The molecule has 0 aliphatic carbocycles. The van der Waals surface area contributed by atoms with E-state index in [9.17, 15) is 50.6 Å². The molecule has 6 atom stereocenters. The molecule has 0 fully saturated rings. The van der Waals surface area contributed by atoms with Gasteiger partial charge in [-0.05, 0) is 85.3 Å². The molecule has 17 heteroatoms. The van der Waals surface area contributed by atoms with Gasteiger partial charge in [-0.2, -0.15) is 26.3 Å². The van der Waals surface area contributed by atoms with Crippen LogP contribution < -0.4 is 0 Å². The predicted octanol–water partition coefficient (Wildman–Crippen LogP) is 14.6. The molecule has 10 nitrogen and oxygen atoms in total. The molecular formula is C52H65BrF6N2O8. The molecule has 380 valence electrons. The van der Waals surface area contributed by atoms with E-state index in [1.165, 1.54) is 53.7 Å². The number of carboxylic acids is 2. The summed E-state index contributed by atoms with van der Waals surface area (Å²) in [6, 6.07) is 18.7. The third-order valence-corrected chi connectivity index (χ3v) is 12.5. The maximum absolute atomic E-state index is 14.0. The number of hydrogen-bond donors (Lipinski definition) is 2. The molecule has 2 heterocycles. The van der Waals surface area contributed by atoms with Gasteiger partial charge in [0.15, 0.2) is 0 Å². The fraction of sp³-hybridized carbons (Fsp3) is 0.500. The van der Waals surface area contributed by atoms with Crippen LogP contribution in [0.3, 0.4) is 0 Å². The number of nitrogens with zero attached hydrogens (tertiary/aromatic N) is 2. The Balaban J connectivity index is 0.000000392. The van der Waals surface area contributed by atoms with E-state index >= 15 is 0 Å². The summed E-state index contributed by atoms with van der Waals surface area (Å²) in [6.07, 6.45) is -6.43. The molecule has 2 N–H and O–H groups in total. The largest absolute Gasteiger partial charge is 0.481 e. The van der Waals surface area contributed by atoms with Crippen molar-refractivity contribution < 1.29 is 65.2 Å². The maximum atomic E-state index is 14.0. The number of esters is 2. The molecular weight excluding hydrogens is 974 g/mol. The van der Waals surface area contributed by atoms with Gasteiger partial charge < -0.3 is 19.7 Å². The van der Waals surface area contributed by atoms with Crippen molar-refractivity contribution in [1.82, 2.24) is 9.97 Å². The molecule has 4 aromatic rings. The van der Waals surface area contributed by atoms with Gasteiger partial charge in [0, 0.05) is 29.1 Å². The molecule has 0 saturated carbocycles. The van der Waals surface area contributed by atoms with Gasteiger partial charge in [-0.3, -0.25) is 19.2 Å². The quantitative estimate of drug-likeness (QED) is 0.0594. The number of carbonyl (C=O) groups excluding carboxylic acids is 2. The van der Waals surface area contributed by atoms with Crippen LogP contribution in [0, 0.1) is 46.3 Å². The number of carbonyl (C=O) groups is 4. The van der Waals surface area contributed by atoms with Gasteiger partial charge >= 0.3 is 36.2 Å². The van der Waals surface area contributed by atoms with Gasteiger partial charge in [0.25, 0.3) is 0 Å². The topological polar surface area (TPSA) is 153 Å². The molecule has 0 aliphatic rings. The van der Waals surface area contributed by atoms with E-state index in [1.54, 1.807) is 58.9 Å². The summed E-state index contributed by atoms with van der Waals surface area (Å²) in [7, 11) is 0. The third kappa shape index (κ3) is 18.5. The number of allylic oxidation sites excluding steroid dienone is 2. The minimum absolute atomic E-state index is 0.298. The number of aliphatic carboxylic acids is 2. The van der Waals surface area contributed by atoms with Crippen molar-refractivity contribution in [1.29, 1.82) is 0 Å². The van der Waals surface area contributed by atoms with Crippen LogP contribution in [-0.4, -0.2) is 56.4 Å². The molecule has 69 heavy (non-hydrogen) atoms. The highest BCUT2D eigenvalue weighted by atomic mass is 79.9. The number of rotatable bonds is 17. The summed E-state index contributed by atoms with van der Waals surface area (Å²) in [6.45, 7) is 21.9. The molecule has 2 aromatic carbocycles. The van der Waals surface area contributed by atoms with Gasteiger partial charge in [-0.25, -0.2) is 9.97 Å². The highest BCUT2D eigenvalue weighted by Gasteiger charge is 2.50. The Hall–Kier alpha value is -5.32. The van der Waals surface area contributed by atoms with E-state index in [0.29, 0.717) is 16.8 Å². The van der Waals surface area contributed by atoms with E-state index in [2.05, 4.69) is 32.5 Å². The zero-order valence-corrected chi connectivity index (χ0v) is 42.7. The molecule has 0 radical (unpaired) electrons. The van der Waals surface area contributed by atoms with Gasteiger partial charge in [0.05, 0.1) is 46.1 Å². The zero-order chi connectivity index (χ0) is 53.0. The highest BCUT2D eigenvalue weighted by molar-refractivity contribution is 9.10. The molecule has 0 unspecified atom stereocenters. The Kier molecular flexibility index (Phi) is 21.7. The number of benzene rings is 2. The summed E-state index contributed by atoms with van der Waals surface area (Å²) < 4.78 is 92.3. The number of hydrogen-bond acceptors (Lipinski definition) is 8. The van der Waals surface area contributed by atoms with Crippen LogP contribution in [0.25, 0.3) is 27.9 Å². The first-order chi connectivity index (χ1) is 31.6. The minimum Gasteiger partial charge on any atom is -0.481 e. The van der Waals surface area contributed by atoms with Crippen LogP contribution in [-0.2, 0) is 28.7 Å². The summed E-state index contributed by atoms with van der Waals surface area (Å²) in [5, 5.41) is 20.3. The number of aromatic nitrogens is 2. The van der Waals surface area contributed by atoms with Crippen LogP contribution in [0.4, 0.5) is 26.3 Å². The number of pyridine rings is 2. The molecule has 0 spiro atoms. The van der Waals surface area contributed by atoms with Gasteiger partial charge in [-0.1, -0.05) is 120 Å². The van der Waals surface area contributed by atoms with Crippen molar-refractivity contribution in [3.05, 3.63) is 101 Å². The average Bonchev–Trinajstić information content (AvgIpc) is 3.21. The normalized spacial score (nSPS) is 15.0. The number of ether oxygens (including phenoxy) is 2. The van der Waals surface area contributed by atoms with Crippen LogP contribution in [0.15, 0.2) is 83.9 Å². The fourth-order valence-corrected chi connectivity index (χ4v) is 7.89. The van der Waals surface area contributed by atoms with Crippen molar-refractivity contribution in [3.63, 3.8) is 0 Å². The van der Waals surface area contributed by atoms with Crippen molar-refractivity contribution in [2.24, 2.45) is 46.3 Å². The smallest absolute Gasteiger partial charge is 0.392 e. The summed E-state index contributed by atoms with van der Waals surface area (Å²) in [5.74, 6) is -9.50. The van der Waals surface area contributed by atoms with Crippen LogP contribution in [0.1, 0.15) is 125 Å². The standard InChI is InChI=1S/C26H32F3NO4.C13H12BrNO2.C13H21F3O2/c1-15(2)20(24(32)33)14-23(26(27,28)29)25(5,6)12-11-18-7-8-19-9-10-21(30-22(19)13-18)16(3)34-17(4)31;1-8(17-9(2)16)12-6-4-10-3-5-11(14)7-13(10)15-12;1-6-12(4,5)10(13(14,15)16)7-9(8(2)3)11(17)18/h7-13,15-16,20,23H,14H2,1-6H3,(H,32,33);3-8H,1-2H3;6,8-10H,1,7H2,2-5H3,(H,17,18)/b12-11+;;/t16-,20+,23-;8-;9-,10+/m110/s1. The second kappa shape index (κ2) is 25.0. The van der Waals surface area contributed by atoms with Gasteiger partial charge in [-0.15, -0.1) is 6.58 Å². The Morgan fingerprint density at radius 2 is 1.01 bits per heavy atom. The Labute approximate surface area is 409 Å². The molecule has 0 amide bonds. The average molecular weight is 1040 g/mol. The lowest BCUT2D eigenvalue weighted by atomic mass is 9.71. The van der Waals surface area contributed by atoms with Gasteiger partial charge in [0.2, 0.25) is 0 Å². The van der Waals surface area contributed by atoms with E-state index in [-0.39, 0.29) is 18.0 Å². The summed E-state index contributed by atoms with van der Waals surface area (Å²) in [4.78, 5) is 53.7. The number of halogens is 7. The van der Waals surface area contributed by atoms with E-state index in [0.717, 1.165) is 26.5 Å². The predicted molar refractivity (Wildman–Crippen MR) is 259 cm³/mol. The van der Waals surface area contributed by atoms with Crippen molar-refractivity contribution in [2.45, 2.75) is 120 Å². The van der Waals surface area contributed by atoms with Crippen LogP contribution >= 0.6 is 15.9 Å². The zero-order valence-electron chi connectivity index (χ0n) is 41.1. The Morgan fingerprint density at radius 1 is 0.638 bits per heavy atom. The van der Waals surface area contributed by atoms with E-state index in [1.807, 2.05) is 49.4 Å². The maximum Gasteiger partial charge on any atom is 0.392 e. The SMILES string of the molecule is C=CC(C)(C)[C@@H](C[C@H](C(=O)O)C(C)C)C(F)(F)F.CC(=O)O[C@H](C)c1ccc2ccc(/C=C/C(C)(C)[C@@H](C[C@H](C(=O)O)C(C)C)C(F)(F)F)cc2n1.CC(=O)O[C@H](C)c1ccc2ccc(Br)cc2n1. The fourth-order valence-electron chi connectivity index (χ4n) is 7.54. The molecule has 0 saturated heterocycles. The van der Waals surface area contributed by atoms with Crippen molar-refractivity contribution in [2.75, 3.05) is 0 Å². The number of alkyl halides is 6. The first-order valence-electron chi connectivity index (χ1n) is 22.3. The van der Waals surface area contributed by atoms with Crippen LogP contribution in [0.2, 0.25) is 0 Å². The third-order valence-electron chi connectivity index (χ3n) is 12.0.